The van der Waals surface area contributed by atoms with Crippen LogP contribution in [0.1, 0.15) is 21.7 Å². The molecule has 1 N–H and O–H groups in total. The normalized spacial score (nSPS) is 11.0. The molecule has 158 valence electrons. The molecule has 0 saturated heterocycles. The van der Waals surface area contributed by atoms with Crippen molar-refractivity contribution in [2.75, 3.05) is 5.32 Å². The summed E-state index contributed by atoms with van der Waals surface area (Å²) >= 11 is 2.99. The van der Waals surface area contributed by atoms with Crippen molar-refractivity contribution in [3.63, 3.8) is 0 Å². The summed E-state index contributed by atoms with van der Waals surface area (Å²) in [7, 11) is 0. The van der Waals surface area contributed by atoms with Crippen molar-refractivity contribution >= 4 is 44.4 Å². The molecule has 5 rings (SSSR count). The fourth-order valence-electron chi connectivity index (χ4n) is 3.24. The number of benzene rings is 3. The number of anilines is 1. The first-order chi connectivity index (χ1) is 15.7. The molecule has 2 heterocycles. The summed E-state index contributed by atoms with van der Waals surface area (Å²) in [4.78, 5) is 18.4. The number of aryl methyl sites for hydroxylation is 1. The lowest BCUT2D eigenvalue weighted by atomic mass is 10.2. The molecule has 0 aliphatic heterocycles. The van der Waals surface area contributed by atoms with Gasteiger partial charge in [-0.15, -0.1) is 16.9 Å². The third kappa shape index (κ3) is 4.25. The number of amides is 1. The highest BCUT2D eigenvalue weighted by molar-refractivity contribution is 7.98. The number of thioether (sulfide) groups is 1. The molecular formula is C23H18N6OS2. The predicted octanol–water partition coefficient (Wildman–Crippen LogP) is 5.13. The van der Waals surface area contributed by atoms with Crippen molar-refractivity contribution in [1.29, 1.82) is 0 Å². The van der Waals surface area contributed by atoms with Gasteiger partial charge in [0.05, 0.1) is 27.2 Å². The molecule has 1 amide bonds. The predicted molar refractivity (Wildman–Crippen MR) is 127 cm³/mol. The molecule has 5 aromatic rings. The molecule has 0 saturated carbocycles. The Hall–Kier alpha value is -3.56. The van der Waals surface area contributed by atoms with Gasteiger partial charge in [-0.2, -0.15) is 4.68 Å². The van der Waals surface area contributed by atoms with E-state index < -0.39 is 0 Å². The van der Waals surface area contributed by atoms with Crippen LogP contribution in [-0.2, 0) is 5.75 Å². The smallest absolute Gasteiger partial charge is 0.258 e. The molecule has 0 radical (unpaired) electrons. The van der Waals surface area contributed by atoms with E-state index in [1.807, 2.05) is 73.7 Å². The summed E-state index contributed by atoms with van der Waals surface area (Å²) in [6.45, 7) is 2.04. The largest absolute Gasteiger partial charge is 0.298 e. The summed E-state index contributed by atoms with van der Waals surface area (Å²) in [5.74, 6) is 1.04. The summed E-state index contributed by atoms with van der Waals surface area (Å²) in [5.41, 5.74) is 3.53. The van der Waals surface area contributed by atoms with E-state index in [1.54, 1.807) is 4.68 Å². The van der Waals surface area contributed by atoms with Crippen molar-refractivity contribution in [2.45, 2.75) is 17.6 Å². The summed E-state index contributed by atoms with van der Waals surface area (Å²) in [6.07, 6.45) is 0. The van der Waals surface area contributed by atoms with E-state index in [2.05, 4.69) is 31.9 Å². The third-order valence-electron chi connectivity index (χ3n) is 4.79. The molecule has 0 bridgehead atoms. The minimum absolute atomic E-state index is 0.188. The number of thiazole rings is 1. The number of nitrogens with one attached hydrogen (secondary N) is 1. The van der Waals surface area contributed by atoms with Crippen molar-refractivity contribution in [3.05, 3.63) is 89.7 Å². The number of fused-ring (bicyclic) bond motifs is 1. The second kappa shape index (κ2) is 8.89. The Labute approximate surface area is 192 Å². The summed E-state index contributed by atoms with van der Waals surface area (Å²) in [5, 5.41) is 15.6. The van der Waals surface area contributed by atoms with Crippen LogP contribution in [0.4, 0.5) is 5.13 Å². The molecule has 0 spiro atoms. The molecule has 0 unspecified atom stereocenters. The van der Waals surface area contributed by atoms with Crippen molar-refractivity contribution in [2.24, 2.45) is 0 Å². The average molecular weight is 459 g/mol. The second-order valence-corrected chi connectivity index (χ2v) is 9.12. The van der Waals surface area contributed by atoms with Crippen LogP contribution in [0, 0.1) is 6.92 Å². The number of para-hydroxylation sites is 1. The lowest BCUT2D eigenvalue weighted by Gasteiger charge is -2.09. The van der Waals surface area contributed by atoms with Crippen molar-refractivity contribution < 1.29 is 4.79 Å². The van der Waals surface area contributed by atoms with Gasteiger partial charge in [0.15, 0.2) is 11.0 Å². The number of nitrogens with zero attached hydrogens (tertiary/aromatic N) is 5. The van der Waals surface area contributed by atoms with Gasteiger partial charge in [0, 0.05) is 4.90 Å². The van der Waals surface area contributed by atoms with E-state index in [-0.39, 0.29) is 5.91 Å². The number of rotatable bonds is 6. The maximum absolute atomic E-state index is 13.0. The standard InChI is InChI=1S/C23H18N6OS2/c1-15-11-12-18-20(13-15)32-23(24-18)25-22(30)17-9-5-6-10-19(17)31-14-21-26-27-28-29(21)16-7-3-2-4-8-16/h2-13H,14H2,1H3,(H,24,25,30). The fraction of sp³-hybridized carbons (Fsp3) is 0.0870. The van der Waals surface area contributed by atoms with Crippen molar-refractivity contribution in [1.82, 2.24) is 25.2 Å². The first-order valence-corrected chi connectivity index (χ1v) is 11.7. The molecule has 2 aromatic heterocycles. The van der Waals surface area contributed by atoms with E-state index in [0.29, 0.717) is 22.3 Å². The number of aromatic nitrogens is 5. The van der Waals surface area contributed by atoms with Gasteiger partial charge in [-0.1, -0.05) is 47.7 Å². The van der Waals surface area contributed by atoms with Gasteiger partial charge in [-0.25, -0.2) is 4.98 Å². The first kappa shape index (κ1) is 20.3. The molecule has 0 fully saturated rings. The fourth-order valence-corrected chi connectivity index (χ4v) is 5.15. The van der Waals surface area contributed by atoms with Crippen LogP contribution < -0.4 is 5.32 Å². The topological polar surface area (TPSA) is 85.6 Å². The van der Waals surface area contributed by atoms with E-state index in [9.17, 15) is 4.79 Å². The van der Waals surface area contributed by atoms with Crippen LogP contribution in [0.3, 0.4) is 0 Å². The summed E-state index contributed by atoms with van der Waals surface area (Å²) < 4.78 is 2.76. The van der Waals surface area contributed by atoms with Gasteiger partial charge < -0.3 is 0 Å². The van der Waals surface area contributed by atoms with E-state index >= 15 is 0 Å². The average Bonchev–Trinajstić information content (AvgIpc) is 3.44. The zero-order valence-electron chi connectivity index (χ0n) is 17.1. The lowest BCUT2D eigenvalue weighted by molar-refractivity contribution is 0.102. The number of tetrazole rings is 1. The van der Waals surface area contributed by atoms with E-state index in [4.69, 9.17) is 0 Å². The van der Waals surface area contributed by atoms with E-state index in [1.165, 1.54) is 28.7 Å². The zero-order valence-corrected chi connectivity index (χ0v) is 18.7. The van der Waals surface area contributed by atoms with Crippen LogP contribution in [0.2, 0.25) is 0 Å². The van der Waals surface area contributed by atoms with Crippen molar-refractivity contribution in [3.8, 4) is 5.69 Å². The lowest BCUT2D eigenvalue weighted by Crippen LogP contribution is -2.12. The Balaban J connectivity index is 1.34. The van der Waals surface area contributed by atoms with Crippen LogP contribution >= 0.6 is 23.1 Å². The Morgan fingerprint density at radius 2 is 1.88 bits per heavy atom. The molecule has 9 heteroatoms. The minimum Gasteiger partial charge on any atom is -0.298 e. The third-order valence-corrected chi connectivity index (χ3v) is 6.79. The maximum Gasteiger partial charge on any atom is 0.258 e. The summed E-state index contributed by atoms with van der Waals surface area (Å²) in [6, 6.07) is 23.3. The van der Waals surface area contributed by atoms with Gasteiger partial charge in [-0.3, -0.25) is 10.1 Å². The number of hydrogen-bond donors (Lipinski definition) is 1. The zero-order chi connectivity index (χ0) is 21.9. The van der Waals surface area contributed by atoms with Gasteiger partial charge >= 0.3 is 0 Å². The molecule has 0 aliphatic rings. The Morgan fingerprint density at radius 1 is 1.06 bits per heavy atom. The van der Waals surface area contributed by atoms with E-state index in [0.717, 1.165) is 20.8 Å². The molecule has 0 atom stereocenters. The molecular weight excluding hydrogens is 440 g/mol. The van der Waals surface area contributed by atoms with Crippen LogP contribution in [0.25, 0.3) is 15.9 Å². The van der Waals surface area contributed by atoms with Crippen LogP contribution in [0.15, 0.2) is 77.7 Å². The van der Waals surface area contributed by atoms with Gasteiger partial charge in [0.25, 0.3) is 5.91 Å². The number of carbonyl (C=O) groups is 1. The molecule has 3 aromatic carbocycles. The highest BCUT2D eigenvalue weighted by atomic mass is 32.2. The quantitative estimate of drug-likeness (QED) is 0.355. The van der Waals surface area contributed by atoms with Gasteiger partial charge in [-0.05, 0) is 59.3 Å². The van der Waals surface area contributed by atoms with Crippen LogP contribution in [0.5, 0.6) is 0 Å². The molecule has 32 heavy (non-hydrogen) atoms. The number of carbonyl (C=O) groups excluding carboxylic acids is 1. The second-order valence-electron chi connectivity index (χ2n) is 7.07. The highest BCUT2D eigenvalue weighted by Crippen LogP contribution is 2.29. The Morgan fingerprint density at radius 3 is 2.75 bits per heavy atom. The molecule has 7 nitrogen and oxygen atoms in total. The maximum atomic E-state index is 13.0. The van der Waals surface area contributed by atoms with Crippen LogP contribution in [-0.4, -0.2) is 31.1 Å². The SMILES string of the molecule is Cc1ccc2nc(NC(=O)c3ccccc3SCc3nnnn3-c3ccccc3)sc2c1. The highest BCUT2D eigenvalue weighted by Gasteiger charge is 2.16. The Bertz CT molecular complexity index is 1400. The monoisotopic (exact) mass is 458 g/mol. The first-order valence-electron chi connectivity index (χ1n) is 9.90. The molecule has 0 aliphatic carbocycles. The number of hydrogen-bond acceptors (Lipinski definition) is 7. The van der Waals surface area contributed by atoms with Gasteiger partial charge in [0.2, 0.25) is 0 Å². The minimum atomic E-state index is -0.188. The Kier molecular flexibility index (Phi) is 5.66. The van der Waals surface area contributed by atoms with Gasteiger partial charge in [0.1, 0.15) is 0 Å².